The molecule has 0 bridgehead atoms. The SMILES string of the molecule is C[C@H](N)C(=O)Nc1ncnc(Cl)c1Cl. The maximum Gasteiger partial charge on any atom is 0.242 e. The normalized spacial score (nSPS) is 12.3. The fraction of sp³-hybridized carbons (Fsp3) is 0.286. The van der Waals surface area contributed by atoms with Gasteiger partial charge in [0.2, 0.25) is 5.91 Å². The maximum absolute atomic E-state index is 11.2. The Bertz CT molecular complexity index is 356. The summed E-state index contributed by atoms with van der Waals surface area (Å²) in [5.74, 6) is -0.226. The lowest BCUT2D eigenvalue weighted by molar-refractivity contribution is -0.117. The van der Waals surface area contributed by atoms with E-state index >= 15 is 0 Å². The highest BCUT2D eigenvalue weighted by Crippen LogP contribution is 2.25. The van der Waals surface area contributed by atoms with Crippen molar-refractivity contribution >= 4 is 34.9 Å². The van der Waals surface area contributed by atoms with Crippen molar-refractivity contribution in [1.29, 1.82) is 0 Å². The number of aromatic nitrogens is 2. The Morgan fingerprint density at radius 3 is 2.79 bits per heavy atom. The molecule has 0 aliphatic carbocycles. The van der Waals surface area contributed by atoms with E-state index in [-0.39, 0.29) is 21.9 Å². The predicted molar refractivity (Wildman–Crippen MR) is 54.3 cm³/mol. The average molecular weight is 235 g/mol. The first-order valence-corrected chi connectivity index (χ1v) is 4.50. The molecule has 0 aliphatic rings. The van der Waals surface area contributed by atoms with Gasteiger partial charge in [0.15, 0.2) is 11.0 Å². The number of nitrogens with one attached hydrogen (secondary N) is 1. The maximum atomic E-state index is 11.2. The monoisotopic (exact) mass is 234 g/mol. The summed E-state index contributed by atoms with van der Waals surface area (Å²) >= 11 is 11.3. The molecule has 1 heterocycles. The average Bonchev–Trinajstić information content (AvgIpc) is 2.12. The van der Waals surface area contributed by atoms with Gasteiger partial charge in [-0.2, -0.15) is 0 Å². The minimum atomic E-state index is -0.639. The summed E-state index contributed by atoms with van der Waals surface area (Å²) < 4.78 is 0. The number of rotatable bonds is 2. The molecule has 1 aromatic heterocycles. The van der Waals surface area contributed by atoms with E-state index in [0.717, 1.165) is 0 Å². The second kappa shape index (κ2) is 4.54. The lowest BCUT2D eigenvalue weighted by atomic mass is 10.3. The third-order valence-corrected chi connectivity index (χ3v) is 2.14. The topological polar surface area (TPSA) is 80.9 Å². The number of amides is 1. The van der Waals surface area contributed by atoms with Crippen molar-refractivity contribution in [2.75, 3.05) is 5.32 Å². The zero-order valence-electron chi connectivity index (χ0n) is 7.29. The zero-order valence-corrected chi connectivity index (χ0v) is 8.80. The van der Waals surface area contributed by atoms with Crippen molar-refractivity contribution in [3.8, 4) is 0 Å². The van der Waals surface area contributed by atoms with Crippen LogP contribution >= 0.6 is 23.2 Å². The minimum absolute atomic E-state index is 0.0849. The second-order valence-electron chi connectivity index (χ2n) is 2.60. The van der Waals surface area contributed by atoms with Crippen LogP contribution in [-0.4, -0.2) is 21.9 Å². The van der Waals surface area contributed by atoms with E-state index in [0.29, 0.717) is 0 Å². The highest BCUT2D eigenvalue weighted by molar-refractivity contribution is 6.42. The molecule has 1 aromatic rings. The minimum Gasteiger partial charge on any atom is -0.320 e. The number of hydrogen-bond donors (Lipinski definition) is 2. The number of halogens is 2. The molecule has 0 fully saturated rings. The van der Waals surface area contributed by atoms with Gasteiger partial charge in [-0.1, -0.05) is 23.2 Å². The van der Waals surface area contributed by atoms with Gasteiger partial charge in [0.05, 0.1) is 6.04 Å². The van der Waals surface area contributed by atoms with Gasteiger partial charge in [0.1, 0.15) is 11.3 Å². The second-order valence-corrected chi connectivity index (χ2v) is 3.34. The zero-order chi connectivity index (χ0) is 10.7. The van der Waals surface area contributed by atoms with Crippen LogP contribution in [0.4, 0.5) is 5.82 Å². The van der Waals surface area contributed by atoms with Crippen LogP contribution in [0.3, 0.4) is 0 Å². The molecule has 0 saturated heterocycles. The summed E-state index contributed by atoms with van der Waals surface area (Å²) in [6.45, 7) is 1.55. The molecule has 0 unspecified atom stereocenters. The summed E-state index contributed by atoms with van der Waals surface area (Å²) in [7, 11) is 0. The van der Waals surface area contributed by atoms with Crippen molar-refractivity contribution < 1.29 is 4.79 Å². The van der Waals surface area contributed by atoms with Crippen molar-refractivity contribution in [2.45, 2.75) is 13.0 Å². The number of anilines is 1. The van der Waals surface area contributed by atoms with Crippen LogP contribution in [0.1, 0.15) is 6.92 Å². The Morgan fingerprint density at radius 2 is 2.21 bits per heavy atom. The molecule has 0 spiro atoms. The van der Waals surface area contributed by atoms with Crippen molar-refractivity contribution in [3.63, 3.8) is 0 Å². The molecule has 7 heteroatoms. The van der Waals surface area contributed by atoms with Crippen LogP contribution < -0.4 is 11.1 Å². The number of nitrogens with two attached hydrogens (primary N) is 1. The van der Waals surface area contributed by atoms with Gasteiger partial charge >= 0.3 is 0 Å². The lowest BCUT2D eigenvalue weighted by Gasteiger charge is -2.07. The summed E-state index contributed by atoms with van der Waals surface area (Å²) in [5, 5.41) is 2.60. The van der Waals surface area contributed by atoms with Gasteiger partial charge in [-0.05, 0) is 6.92 Å². The van der Waals surface area contributed by atoms with Crippen LogP contribution in [0.5, 0.6) is 0 Å². The number of nitrogens with zero attached hydrogens (tertiary/aromatic N) is 2. The van der Waals surface area contributed by atoms with Gasteiger partial charge in [-0.3, -0.25) is 4.79 Å². The Morgan fingerprint density at radius 1 is 1.57 bits per heavy atom. The van der Waals surface area contributed by atoms with E-state index in [2.05, 4.69) is 15.3 Å². The first kappa shape index (κ1) is 11.2. The van der Waals surface area contributed by atoms with Crippen LogP contribution in [-0.2, 0) is 4.79 Å². The summed E-state index contributed by atoms with van der Waals surface area (Å²) in [5.41, 5.74) is 5.34. The van der Waals surface area contributed by atoms with Crippen LogP contribution in [0.2, 0.25) is 10.2 Å². The Kier molecular flexibility index (Phi) is 3.62. The Labute approximate surface area is 90.6 Å². The van der Waals surface area contributed by atoms with Crippen LogP contribution in [0.25, 0.3) is 0 Å². The van der Waals surface area contributed by atoms with E-state index in [9.17, 15) is 4.79 Å². The number of carbonyl (C=O) groups is 1. The molecule has 76 valence electrons. The fourth-order valence-electron chi connectivity index (χ4n) is 0.666. The molecule has 3 N–H and O–H groups in total. The summed E-state index contributed by atoms with van der Waals surface area (Å²) in [4.78, 5) is 18.6. The molecule has 0 aliphatic heterocycles. The predicted octanol–water partition coefficient (Wildman–Crippen LogP) is 1.07. The molecule has 1 amide bonds. The fourth-order valence-corrected chi connectivity index (χ4v) is 0.944. The van der Waals surface area contributed by atoms with E-state index < -0.39 is 6.04 Å². The largest absolute Gasteiger partial charge is 0.320 e. The van der Waals surface area contributed by atoms with Gasteiger partial charge in [-0.25, -0.2) is 9.97 Å². The molecule has 14 heavy (non-hydrogen) atoms. The molecular formula is C7H8Cl2N4O. The molecule has 1 rings (SSSR count). The highest BCUT2D eigenvalue weighted by atomic mass is 35.5. The first-order valence-electron chi connectivity index (χ1n) is 3.75. The standard InChI is InChI=1S/C7H8Cl2N4O/c1-3(10)7(14)13-6-4(8)5(9)11-2-12-6/h2-3H,10H2,1H3,(H,11,12,13,14)/t3-/m0/s1. The van der Waals surface area contributed by atoms with Gasteiger partial charge in [-0.15, -0.1) is 0 Å². The van der Waals surface area contributed by atoms with Crippen molar-refractivity contribution in [2.24, 2.45) is 5.73 Å². The molecule has 5 nitrogen and oxygen atoms in total. The van der Waals surface area contributed by atoms with Crippen molar-refractivity contribution in [3.05, 3.63) is 16.5 Å². The van der Waals surface area contributed by atoms with E-state index in [4.69, 9.17) is 28.9 Å². The molecule has 1 atom stereocenters. The summed E-state index contributed by atoms with van der Waals surface area (Å²) in [6, 6.07) is -0.639. The van der Waals surface area contributed by atoms with Gasteiger partial charge in [0, 0.05) is 0 Å². The Hall–Kier alpha value is -0.910. The van der Waals surface area contributed by atoms with E-state index in [1.807, 2.05) is 0 Å². The molecular weight excluding hydrogens is 227 g/mol. The first-order chi connectivity index (χ1) is 6.52. The van der Waals surface area contributed by atoms with E-state index in [1.165, 1.54) is 6.33 Å². The third-order valence-electron chi connectivity index (χ3n) is 1.40. The molecule has 0 radical (unpaired) electrons. The van der Waals surface area contributed by atoms with Crippen LogP contribution in [0.15, 0.2) is 6.33 Å². The van der Waals surface area contributed by atoms with E-state index in [1.54, 1.807) is 6.92 Å². The highest BCUT2D eigenvalue weighted by Gasteiger charge is 2.12. The van der Waals surface area contributed by atoms with Crippen LogP contribution in [0, 0.1) is 0 Å². The quantitative estimate of drug-likeness (QED) is 0.751. The number of carbonyl (C=O) groups excluding carboxylic acids is 1. The third kappa shape index (κ3) is 2.54. The van der Waals surface area contributed by atoms with Gasteiger partial charge < -0.3 is 11.1 Å². The molecule has 0 aromatic carbocycles. The van der Waals surface area contributed by atoms with Crippen molar-refractivity contribution in [1.82, 2.24) is 9.97 Å². The molecule has 0 saturated carbocycles. The smallest absolute Gasteiger partial charge is 0.242 e. The van der Waals surface area contributed by atoms with Gasteiger partial charge in [0.25, 0.3) is 0 Å². The number of hydrogen-bond acceptors (Lipinski definition) is 4. The Balaban J connectivity index is 2.87. The summed E-state index contributed by atoms with van der Waals surface area (Å²) in [6.07, 6.45) is 1.20. The lowest BCUT2D eigenvalue weighted by Crippen LogP contribution is -2.32.